The summed E-state index contributed by atoms with van der Waals surface area (Å²) in [6, 6.07) is 0. The summed E-state index contributed by atoms with van der Waals surface area (Å²) in [5.74, 6) is 2.53. The van der Waals surface area contributed by atoms with Gasteiger partial charge >= 0.3 is 0 Å². The summed E-state index contributed by atoms with van der Waals surface area (Å²) in [6.45, 7) is 12.1. The summed E-state index contributed by atoms with van der Waals surface area (Å²) in [7, 11) is 0. The number of rotatable bonds is 23. The zero-order valence-electron chi connectivity index (χ0n) is 23.7. The molecule has 6 atom stereocenters. The predicted octanol–water partition coefficient (Wildman–Crippen LogP) is 7.26. The SMILES string of the molecule is CC(C)CC(CCCCCC(C)O)CCCCC(CCCC(CC(C)O)CC(C)O)CC(C)O. The van der Waals surface area contributed by atoms with E-state index in [1.54, 1.807) is 0 Å². The van der Waals surface area contributed by atoms with E-state index >= 15 is 0 Å². The zero-order valence-corrected chi connectivity index (χ0v) is 23.7. The summed E-state index contributed by atoms with van der Waals surface area (Å²) in [5, 5.41) is 39.0. The van der Waals surface area contributed by atoms with Crippen molar-refractivity contribution in [2.75, 3.05) is 0 Å². The molecule has 0 saturated heterocycles. The fraction of sp³-hybridized carbons (Fsp3) is 1.00. The maximum Gasteiger partial charge on any atom is 0.0514 e. The van der Waals surface area contributed by atoms with Crippen molar-refractivity contribution >= 4 is 0 Å². The Labute approximate surface area is 212 Å². The number of aliphatic hydroxyl groups is 4. The third-order valence-corrected chi connectivity index (χ3v) is 7.26. The van der Waals surface area contributed by atoms with Gasteiger partial charge in [0.05, 0.1) is 24.4 Å². The summed E-state index contributed by atoms with van der Waals surface area (Å²) >= 11 is 0. The average molecular weight is 487 g/mol. The summed E-state index contributed by atoms with van der Waals surface area (Å²) < 4.78 is 0. The monoisotopic (exact) mass is 486 g/mol. The van der Waals surface area contributed by atoms with Crippen molar-refractivity contribution in [1.82, 2.24) is 0 Å². The lowest BCUT2D eigenvalue weighted by Gasteiger charge is -2.23. The van der Waals surface area contributed by atoms with Gasteiger partial charge in [-0.3, -0.25) is 0 Å². The molecular weight excluding hydrogens is 424 g/mol. The van der Waals surface area contributed by atoms with Gasteiger partial charge < -0.3 is 20.4 Å². The Kier molecular flexibility index (Phi) is 20.9. The molecule has 4 N–H and O–H groups in total. The topological polar surface area (TPSA) is 80.9 Å². The lowest BCUT2D eigenvalue weighted by molar-refractivity contribution is 0.113. The maximum atomic E-state index is 10.0. The van der Waals surface area contributed by atoms with Crippen LogP contribution in [0.1, 0.15) is 144 Å². The highest BCUT2D eigenvalue weighted by Crippen LogP contribution is 2.29. The zero-order chi connectivity index (χ0) is 25.9. The van der Waals surface area contributed by atoms with Gasteiger partial charge in [0.25, 0.3) is 0 Å². The Hall–Kier alpha value is -0.160. The van der Waals surface area contributed by atoms with E-state index in [4.69, 9.17) is 0 Å². The Balaban J connectivity index is 4.42. The molecule has 4 heteroatoms. The van der Waals surface area contributed by atoms with Crippen LogP contribution in [-0.2, 0) is 0 Å². The first kappa shape index (κ1) is 33.8. The second-order valence-corrected chi connectivity index (χ2v) is 12.2. The van der Waals surface area contributed by atoms with Crippen LogP contribution >= 0.6 is 0 Å². The second kappa shape index (κ2) is 21.0. The van der Waals surface area contributed by atoms with Crippen LogP contribution in [0.2, 0.25) is 0 Å². The first-order valence-electron chi connectivity index (χ1n) is 14.7. The lowest BCUT2D eigenvalue weighted by Crippen LogP contribution is -2.16. The van der Waals surface area contributed by atoms with Crippen LogP contribution in [0.15, 0.2) is 0 Å². The van der Waals surface area contributed by atoms with Gasteiger partial charge in [-0.05, 0) is 83.5 Å². The molecule has 0 aliphatic carbocycles. The molecule has 0 aliphatic heterocycles. The van der Waals surface area contributed by atoms with Crippen LogP contribution in [0, 0.1) is 23.7 Å². The van der Waals surface area contributed by atoms with Crippen molar-refractivity contribution in [3.05, 3.63) is 0 Å². The third kappa shape index (κ3) is 22.3. The van der Waals surface area contributed by atoms with Crippen LogP contribution in [0.5, 0.6) is 0 Å². The van der Waals surface area contributed by atoms with E-state index in [1.807, 2.05) is 27.7 Å². The Morgan fingerprint density at radius 2 is 0.706 bits per heavy atom. The molecule has 0 spiro atoms. The normalized spacial score (nSPS) is 18.4. The van der Waals surface area contributed by atoms with Gasteiger partial charge in [0.2, 0.25) is 0 Å². The molecular formula is C30H62O4. The average Bonchev–Trinajstić information content (AvgIpc) is 2.68. The molecule has 0 rings (SSSR count). The highest BCUT2D eigenvalue weighted by atomic mass is 16.3. The van der Waals surface area contributed by atoms with E-state index in [1.165, 1.54) is 51.4 Å². The van der Waals surface area contributed by atoms with Gasteiger partial charge in [-0.15, -0.1) is 0 Å². The number of aliphatic hydroxyl groups excluding tert-OH is 4. The van der Waals surface area contributed by atoms with Crippen LogP contribution in [-0.4, -0.2) is 44.8 Å². The molecule has 0 amide bonds. The summed E-state index contributed by atoms with van der Waals surface area (Å²) in [4.78, 5) is 0. The molecule has 0 aliphatic rings. The summed E-state index contributed by atoms with van der Waals surface area (Å²) in [6.07, 6.45) is 17.0. The van der Waals surface area contributed by atoms with Crippen molar-refractivity contribution in [3.8, 4) is 0 Å². The molecule has 206 valence electrons. The minimum Gasteiger partial charge on any atom is -0.393 e. The summed E-state index contributed by atoms with van der Waals surface area (Å²) in [5.41, 5.74) is 0. The second-order valence-electron chi connectivity index (χ2n) is 12.2. The van der Waals surface area contributed by atoms with E-state index in [0.29, 0.717) is 11.8 Å². The first-order valence-corrected chi connectivity index (χ1v) is 14.7. The van der Waals surface area contributed by atoms with Crippen molar-refractivity contribution < 1.29 is 20.4 Å². The third-order valence-electron chi connectivity index (χ3n) is 7.26. The quantitative estimate of drug-likeness (QED) is 0.115. The molecule has 0 aromatic rings. The van der Waals surface area contributed by atoms with Crippen molar-refractivity contribution in [2.24, 2.45) is 23.7 Å². The Morgan fingerprint density at radius 3 is 1.15 bits per heavy atom. The molecule has 0 heterocycles. The number of hydrogen-bond donors (Lipinski definition) is 4. The van der Waals surface area contributed by atoms with Gasteiger partial charge in [-0.2, -0.15) is 0 Å². The smallest absolute Gasteiger partial charge is 0.0514 e. The lowest BCUT2D eigenvalue weighted by atomic mass is 9.84. The molecule has 0 saturated carbocycles. The number of hydrogen-bond acceptors (Lipinski definition) is 4. The maximum absolute atomic E-state index is 10.0. The van der Waals surface area contributed by atoms with Crippen molar-refractivity contribution in [3.63, 3.8) is 0 Å². The van der Waals surface area contributed by atoms with Crippen LogP contribution in [0.4, 0.5) is 0 Å². The molecule has 6 unspecified atom stereocenters. The van der Waals surface area contributed by atoms with Crippen LogP contribution in [0.3, 0.4) is 0 Å². The molecule has 0 radical (unpaired) electrons. The van der Waals surface area contributed by atoms with E-state index in [2.05, 4.69) is 13.8 Å². The minimum atomic E-state index is -0.311. The molecule has 0 bridgehead atoms. The van der Waals surface area contributed by atoms with Crippen LogP contribution in [0.25, 0.3) is 0 Å². The standard InChI is InChI=1S/C30H62O4/c1-23(2)19-28(14-9-7-8-13-24(3)31)15-10-11-16-29(20-25(4)32)17-12-18-30(21-26(5)33)22-27(6)34/h23-34H,7-22H2,1-6H3. The highest BCUT2D eigenvalue weighted by molar-refractivity contribution is 4.70. The molecule has 0 fully saturated rings. The Morgan fingerprint density at radius 1 is 0.353 bits per heavy atom. The molecule has 34 heavy (non-hydrogen) atoms. The van der Waals surface area contributed by atoms with Gasteiger partial charge in [-0.1, -0.05) is 84.5 Å². The molecule has 0 aromatic heterocycles. The van der Waals surface area contributed by atoms with E-state index in [0.717, 1.165) is 63.2 Å². The van der Waals surface area contributed by atoms with E-state index in [9.17, 15) is 20.4 Å². The predicted molar refractivity (Wildman–Crippen MR) is 146 cm³/mol. The van der Waals surface area contributed by atoms with Gasteiger partial charge in [-0.25, -0.2) is 0 Å². The number of unbranched alkanes of at least 4 members (excludes halogenated alkanes) is 3. The van der Waals surface area contributed by atoms with Crippen molar-refractivity contribution in [2.45, 2.75) is 169 Å². The largest absolute Gasteiger partial charge is 0.393 e. The fourth-order valence-electron chi connectivity index (χ4n) is 5.82. The van der Waals surface area contributed by atoms with Gasteiger partial charge in [0.1, 0.15) is 0 Å². The van der Waals surface area contributed by atoms with E-state index < -0.39 is 0 Å². The van der Waals surface area contributed by atoms with E-state index in [-0.39, 0.29) is 24.4 Å². The first-order chi connectivity index (χ1) is 16.0. The fourth-order valence-corrected chi connectivity index (χ4v) is 5.82. The van der Waals surface area contributed by atoms with Gasteiger partial charge in [0.15, 0.2) is 0 Å². The molecule has 0 aromatic carbocycles. The van der Waals surface area contributed by atoms with Gasteiger partial charge in [0, 0.05) is 0 Å². The minimum absolute atomic E-state index is 0.164. The Bertz CT molecular complexity index is 424. The van der Waals surface area contributed by atoms with Crippen LogP contribution < -0.4 is 0 Å². The van der Waals surface area contributed by atoms with Crippen molar-refractivity contribution in [1.29, 1.82) is 0 Å². The molecule has 4 nitrogen and oxygen atoms in total. The highest BCUT2D eigenvalue weighted by Gasteiger charge is 2.17.